The lowest BCUT2D eigenvalue weighted by Crippen LogP contribution is -2.19. The first-order valence-corrected chi connectivity index (χ1v) is 8.42. The van der Waals surface area contributed by atoms with Gasteiger partial charge in [0.05, 0.1) is 24.9 Å². The molecule has 0 bridgehead atoms. The Morgan fingerprint density at radius 2 is 2.00 bits per heavy atom. The summed E-state index contributed by atoms with van der Waals surface area (Å²) in [6.45, 7) is 4.48. The minimum atomic E-state index is -0.0701. The Labute approximate surface area is 142 Å². The van der Waals surface area contributed by atoms with E-state index in [4.69, 9.17) is 4.74 Å². The lowest BCUT2D eigenvalue weighted by molar-refractivity contribution is -0.116. The first-order chi connectivity index (χ1) is 11.7. The number of carbonyl (C=O) groups excluding carboxylic acids is 1. The normalized spacial score (nSPS) is 13.8. The van der Waals surface area contributed by atoms with Crippen molar-refractivity contribution in [3.63, 3.8) is 0 Å². The molecule has 1 aliphatic heterocycles. The van der Waals surface area contributed by atoms with Crippen molar-refractivity contribution in [3.05, 3.63) is 48.2 Å². The Hall–Kier alpha value is -2.56. The summed E-state index contributed by atoms with van der Waals surface area (Å²) in [7, 11) is 0. The number of hydrogen-bond donors (Lipinski definition) is 1. The highest BCUT2D eigenvalue weighted by atomic mass is 16.5. The molecule has 0 atom stereocenters. The standard InChI is InChI=1S/C19H23N3O2/c1-15-6-2-3-7-17(15)24-13-10-19(23)21-16-8-9-18(20-14-16)22-11-4-5-12-22/h2-3,6-9,14H,4-5,10-13H2,1H3,(H,21,23). The van der Waals surface area contributed by atoms with Crippen molar-refractivity contribution >= 4 is 17.4 Å². The van der Waals surface area contributed by atoms with Crippen LogP contribution in [-0.2, 0) is 4.79 Å². The number of carbonyl (C=O) groups is 1. The van der Waals surface area contributed by atoms with Gasteiger partial charge in [-0.1, -0.05) is 18.2 Å². The maximum absolute atomic E-state index is 12.0. The van der Waals surface area contributed by atoms with Gasteiger partial charge in [0, 0.05) is 13.1 Å². The molecule has 24 heavy (non-hydrogen) atoms. The molecule has 1 fully saturated rings. The van der Waals surface area contributed by atoms with Gasteiger partial charge < -0.3 is 15.0 Å². The summed E-state index contributed by atoms with van der Waals surface area (Å²) in [5.74, 6) is 1.73. The van der Waals surface area contributed by atoms with Crippen molar-refractivity contribution < 1.29 is 9.53 Å². The van der Waals surface area contributed by atoms with Crippen molar-refractivity contribution in [1.29, 1.82) is 0 Å². The molecular weight excluding hydrogens is 302 g/mol. The summed E-state index contributed by atoms with van der Waals surface area (Å²) in [5.41, 5.74) is 1.79. The van der Waals surface area contributed by atoms with Crippen LogP contribution < -0.4 is 15.0 Å². The van der Waals surface area contributed by atoms with Crippen molar-refractivity contribution in [1.82, 2.24) is 4.98 Å². The van der Waals surface area contributed by atoms with E-state index in [2.05, 4.69) is 15.2 Å². The lowest BCUT2D eigenvalue weighted by Gasteiger charge is -2.16. The monoisotopic (exact) mass is 325 g/mol. The van der Waals surface area contributed by atoms with Crippen LogP contribution in [0.15, 0.2) is 42.6 Å². The van der Waals surface area contributed by atoms with Gasteiger partial charge in [0.25, 0.3) is 0 Å². The van der Waals surface area contributed by atoms with Gasteiger partial charge >= 0.3 is 0 Å². The first kappa shape index (κ1) is 16.3. The molecule has 0 saturated carbocycles. The van der Waals surface area contributed by atoms with E-state index in [1.54, 1.807) is 6.20 Å². The Kier molecular flexibility index (Phi) is 5.31. The summed E-state index contributed by atoms with van der Waals surface area (Å²) in [6.07, 6.45) is 4.47. The number of rotatable bonds is 6. The smallest absolute Gasteiger partial charge is 0.227 e. The van der Waals surface area contributed by atoms with Crippen LogP contribution in [0.4, 0.5) is 11.5 Å². The van der Waals surface area contributed by atoms with Crippen molar-refractivity contribution in [2.24, 2.45) is 0 Å². The molecule has 0 radical (unpaired) electrons. The van der Waals surface area contributed by atoms with E-state index in [1.165, 1.54) is 12.8 Å². The summed E-state index contributed by atoms with van der Waals surface area (Å²) in [5, 5.41) is 2.86. The van der Waals surface area contributed by atoms with Crippen LogP contribution in [0.3, 0.4) is 0 Å². The number of pyridine rings is 1. The third-order valence-electron chi connectivity index (χ3n) is 4.14. The molecule has 1 amide bonds. The number of ether oxygens (including phenoxy) is 1. The quantitative estimate of drug-likeness (QED) is 0.884. The highest BCUT2D eigenvalue weighted by Crippen LogP contribution is 2.19. The highest BCUT2D eigenvalue weighted by molar-refractivity contribution is 5.90. The van der Waals surface area contributed by atoms with Crippen LogP contribution in [0.5, 0.6) is 5.75 Å². The van der Waals surface area contributed by atoms with Crippen LogP contribution in [0, 0.1) is 6.92 Å². The van der Waals surface area contributed by atoms with Gasteiger partial charge in [0.1, 0.15) is 11.6 Å². The average molecular weight is 325 g/mol. The molecule has 126 valence electrons. The molecule has 3 rings (SSSR count). The summed E-state index contributed by atoms with van der Waals surface area (Å²) in [6, 6.07) is 11.7. The molecule has 1 N–H and O–H groups in total. The topological polar surface area (TPSA) is 54.5 Å². The zero-order valence-corrected chi connectivity index (χ0v) is 14.0. The van der Waals surface area contributed by atoms with E-state index in [0.717, 1.165) is 35.9 Å². The Bertz CT molecular complexity index is 679. The summed E-state index contributed by atoms with van der Waals surface area (Å²) in [4.78, 5) is 18.7. The molecule has 1 saturated heterocycles. The van der Waals surface area contributed by atoms with Crippen LogP contribution in [0.2, 0.25) is 0 Å². The second kappa shape index (κ2) is 7.81. The maximum atomic E-state index is 12.0. The first-order valence-electron chi connectivity index (χ1n) is 8.42. The van der Waals surface area contributed by atoms with E-state index in [1.807, 2.05) is 43.3 Å². The molecule has 2 heterocycles. The van der Waals surface area contributed by atoms with Crippen LogP contribution in [0.25, 0.3) is 0 Å². The molecule has 5 heteroatoms. The van der Waals surface area contributed by atoms with Gasteiger partial charge in [-0.05, 0) is 43.5 Å². The van der Waals surface area contributed by atoms with Gasteiger partial charge in [-0.3, -0.25) is 4.79 Å². The molecule has 2 aromatic rings. The number of benzene rings is 1. The van der Waals surface area contributed by atoms with E-state index >= 15 is 0 Å². The fraction of sp³-hybridized carbons (Fsp3) is 0.368. The predicted molar refractivity (Wildman–Crippen MR) is 95.6 cm³/mol. The van der Waals surface area contributed by atoms with Crippen LogP contribution in [-0.4, -0.2) is 30.6 Å². The van der Waals surface area contributed by atoms with Crippen molar-refractivity contribution in [2.45, 2.75) is 26.2 Å². The molecule has 1 aromatic heterocycles. The summed E-state index contributed by atoms with van der Waals surface area (Å²) < 4.78 is 5.65. The Morgan fingerprint density at radius 1 is 1.21 bits per heavy atom. The number of hydrogen-bond acceptors (Lipinski definition) is 4. The van der Waals surface area contributed by atoms with Gasteiger partial charge in [-0.25, -0.2) is 4.98 Å². The third-order valence-corrected chi connectivity index (χ3v) is 4.14. The van der Waals surface area contributed by atoms with E-state index in [0.29, 0.717) is 13.0 Å². The molecule has 1 aromatic carbocycles. The zero-order chi connectivity index (χ0) is 16.8. The van der Waals surface area contributed by atoms with E-state index < -0.39 is 0 Å². The van der Waals surface area contributed by atoms with Gasteiger partial charge in [-0.2, -0.15) is 0 Å². The number of nitrogens with zero attached hydrogens (tertiary/aromatic N) is 2. The van der Waals surface area contributed by atoms with Crippen molar-refractivity contribution in [2.75, 3.05) is 29.9 Å². The fourth-order valence-electron chi connectivity index (χ4n) is 2.79. The zero-order valence-electron chi connectivity index (χ0n) is 14.0. The maximum Gasteiger partial charge on any atom is 0.227 e. The largest absolute Gasteiger partial charge is 0.493 e. The number of para-hydroxylation sites is 1. The second-order valence-corrected chi connectivity index (χ2v) is 6.01. The number of aryl methyl sites for hydroxylation is 1. The Balaban J connectivity index is 1.45. The number of nitrogens with one attached hydrogen (secondary N) is 1. The highest BCUT2D eigenvalue weighted by Gasteiger charge is 2.13. The van der Waals surface area contributed by atoms with Crippen LogP contribution >= 0.6 is 0 Å². The molecule has 0 unspecified atom stereocenters. The predicted octanol–water partition coefficient (Wildman–Crippen LogP) is 3.40. The number of anilines is 2. The van der Waals surface area contributed by atoms with Crippen LogP contribution in [0.1, 0.15) is 24.8 Å². The second-order valence-electron chi connectivity index (χ2n) is 6.01. The molecule has 1 aliphatic rings. The third kappa shape index (κ3) is 4.25. The van der Waals surface area contributed by atoms with Gasteiger partial charge in [0.2, 0.25) is 5.91 Å². The number of aromatic nitrogens is 1. The van der Waals surface area contributed by atoms with Gasteiger partial charge in [0.15, 0.2) is 0 Å². The minimum absolute atomic E-state index is 0.0701. The lowest BCUT2D eigenvalue weighted by atomic mass is 10.2. The van der Waals surface area contributed by atoms with E-state index in [-0.39, 0.29) is 5.91 Å². The number of amides is 1. The molecule has 5 nitrogen and oxygen atoms in total. The minimum Gasteiger partial charge on any atom is -0.493 e. The SMILES string of the molecule is Cc1ccccc1OCCC(=O)Nc1ccc(N2CCCC2)nc1. The summed E-state index contributed by atoms with van der Waals surface area (Å²) >= 11 is 0. The molecule has 0 spiro atoms. The molecule has 0 aliphatic carbocycles. The van der Waals surface area contributed by atoms with Crippen molar-refractivity contribution in [3.8, 4) is 5.75 Å². The van der Waals surface area contributed by atoms with E-state index in [9.17, 15) is 4.79 Å². The Morgan fingerprint density at radius 3 is 2.71 bits per heavy atom. The average Bonchev–Trinajstić information content (AvgIpc) is 3.12. The van der Waals surface area contributed by atoms with Gasteiger partial charge in [-0.15, -0.1) is 0 Å². The fourth-order valence-corrected chi connectivity index (χ4v) is 2.79. The molecular formula is C19H23N3O2.